The summed E-state index contributed by atoms with van der Waals surface area (Å²) in [6.45, 7) is 1.49. The monoisotopic (exact) mass is 256 g/mol. The maximum Gasteiger partial charge on any atom is 0.322 e. The summed E-state index contributed by atoms with van der Waals surface area (Å²) in [5.41, 5.74) is 0. The van der Waals surface area contributed by atoms with E-state index in [0.29, 0.717) is 5.95 Å². The van der Waals surface area contributed by atoms with Crippen molar-refractivity contribution in [2.45, 2.75) is 12.8 Å². The molecule has 0 radical (unpaired) electrons. The Morgan fingerprint density at radius 3 is 2.65 bits per heavy atom. The molecule has 0 spiro atoms. The molecule has 2 rings (SSSR count). The summed E-state index contributed by atoms with van der Waals surface area (Å²) >= 11 is 5.78. The second-order valence-electron chi connectivity index (χ2n) is 3.85. The second kappa shape index (κ2) is 5.27. The van der Waals surface area contributed by atoms with Gasteiger partial charge >= 0.3 is 6.01 Å². The SMILES string of the molecule is COc1nc(Cl)nc(N2CCC(C=O)CC2)n1. The van der Waals surface area contributed by atoms with Gasteiger partial charge in [0.2, 0.25) is 11.2 Å². The van der Waals surface area contributed by atoms with Crippen LogP contribution in [0, 0.1) is 5.92 Å². The number of aromatic nitrogens is 3. The van der Waals surface area contributed by atoms with E-state index < -0.39 is 0 Å². The van der Waals surface area contributed by atoms with Crippen LogP contribution >= 0.6 is 11.6 Å². The zero-order chi connectivity index (χ0) is 12.3. The molecule has 1 fully saturated rings. The van der Waals surface area contributed by atoms with Crippen molar-refractivity contribution < 1.29 is 9.53 Å². The summed E-state index contributed by atoms with van der Waals surface area (Å²) in [5.74, 6) is 0.650. The minimum atomic E-state index is 0.115. The number of rotatable bonds is 3. The predicted octanol–water partition coefficient (Wildman–Crippen LogP) is 0.949. The van der Waals surface area contributed by atoms with Gasteiger partial charge in [-0.3, -0.25) is 0 Å². The molecule has 0 unspecified atom stereocenters. The summed E-state index contributed by atoms with van der Waals surface area (Å²) in [6.07, 6.45) is 2.64. The third-order valence-corrected chi connectivity index (χ3v) is 2.94. The molecular formula is C10H13ClN4O2. The van der Waals surface area contributed by atoms with Crippen LogP contribution in [0.3, 0.4) is 0 Å². The summed E-state index contributed by atoms with van der Waals surface area (Å²) in [5, 5.41) is 0.115. The number of carbonyl (C=O) groups is 1. The van der Waals surface area contributed by atoms with Gasteiger partial charge in [-0.05, 0) is 24.4 Å². The molecule has 1 aliphatic heterocycles. The lowest BCUT2D eigenvalue weighted by Crippen LogP contribution is -2.35. The zero-order valence-corrected chi connectivity index (χ0v) is 10.2. The minimum Gasteiger partial charge on any atom is -0.467 e. The van der Waals surface area contributed by atoms with Gasteiger partial charge in [-0.25, -0.2) is 0 Å². The van der Waals surface area contributed by atoms with Crippen LogP contribution in [0.4, 0.5) is 5.95 Å². The molecule has 0 aliphatic carbocycles. The lowest BCUT2D eigenvalue weighted by molar-refractivity contribution is -0.111. The van der Waals surface area contributed by atoms with Gasteiger partial charge in [0.1, 0.15) is 6.29 Å². The normalized spacial score (nSPS) is 16.9. The summed E-state index contributed by atoms with van der Waals surface area (Å²) in [7, 11) is 1.48. The summed E-state index contributed by atoms with van der Waals surface area (Å²) < 4.78 is 4.94. The first-order valence-corrected chi connectivity index (χ1v) is 5.76. The fourth-order valence-electron chi connectivity index (χ4n) is 1.79. The minimum absolute atomic E-state index is 0.115. The molecule has 0 N–H and O–H groups in total. The standard InChI is InChI=1S/C10H13ClN4O2/c1-17-10-13-8(11)12-9(14-10)15-4-2-7(6-16)3-5-15/h6-7H,2-5H2,1H3. The Balaban J connectivity index is 2.12. The first kappa shape index (κ1) is 12.0. The Bertz CT molecular complexity index is 407. The first-order chi connectivity index (χ1) is 8.22. The van der Waals surface area contributed by atoms with Crippen LogP contribution in [-0.2, 0) is 4.79 Å². The number of nitrogens with zero attached hydrogens (tertiary/aromatic N) is 4. The smallest absolute Gasteiger partial charge is 0.322 e. The van der Waals surface area contributed by atoms with Crippen LogP contribution in [0.25, 0.3) is 0 Å². The van der Waals surface area contributed by atoms with Crippen LogP contribution in [-0.4, -0.2) is 41.4 Å². The van der Waals surface area contributed by atoms with Crippen LogP contribution in [0.2, 0.25) is 5.28 Å². The van der Waals surface area contributed by atoms with Gasteiger partial charge in [0, 0.05) is 19.0 Å². The highest BCUT2D eigenvalue weighted by Gasteiger charge is 2.21. The van der Waals surface area contributed by atoms with Crippen molar-refractivity contribution in [1.29, 1.82) is 0 Å². The van der Waals surface area contributed by atoms with E-state index in [4.69, 9.17) is 16.3 Å². The predicted molar refractivity (Wildman–Crippen MR) is 62.4 cm³/mol. The van der Waals surface area contributed by atoms with Gasteiger partial charge < -0.3 is 14.4 Å². The molecule has 1 aliphatic rings. The lowest BCUT2D eigenvalue weighted by Gasteiger charge is -2.29. The molecule has 1 saturated heterocycles. The highest BCUT2D eigenvalue weighted by atomic mass is 35.5. The second-order valence-corrected chi connectivity index (χ2v) is 4.19. The summed E-state index contributed by atoms with van der Waals surface area (Å²) in [6, 6.07) is 0.206. The van der Waals surface area contributed by atoms with Crippen LogP contribution in [0.15, 0.2) is 0 Å². The Hall–Kier alpha value is -1.43. The Labute approximate surface area is 104 Å². The van der Waals surface area contributed by atoms with Crippen molar-refractivity contribution in [3.05, 3.63) is 5.28 Å². The molecule has 1 aromatic rings. The van der Waals surface area contributed by atoms with Gasteiger partial charge in [0.15, 0.2) is 0 Å². The first-order valence-electron chi connectivity index (χ1n) is 5.38. The maximum absolute atomic E-state index is 10.7. The van der Waals surface area contributed by atoms with E-state index >= 15 is 0 Å². The van der Waals surface area contributed by atoms with E-state index in [1.165, 1.54) is 7.11 Å². The highest BCUT2D eigenvalue weighted by molar-refractivity contribution is 6.28. The maximum atomic E-state index is 10.7. The highest BCUT2D eigenvalue weighted by Crippen LogP contribution is 2.21. The van der Waals surface area contributed by atoms with Crippen molar-refractivity contribution in [2.75, 3.05) is 25.1 Å². The van der Waals surface area contributed by atoms with Crippen molar-refractivity contribution in [1.82, 2.24) is 15.0 Å². The molecule has 0 bridgehead atoms. The molecule has 17 heavy (non-hydrogen) atoms. The van der Waals surface area contributed by atoms with Crippen molar-refractivity contribution >= 4 is 23.8 Å². The molecule has 0 aromatic carbocycles. The molecule has 7 heteroatoms. The average Bonchev–Trinajstić information content (AvgIpc) is 2.38. The van der Waals surface area contributed by atoms with Gasteiger partial charge in [-0.1, -0.05) is 0 Å². The fraction of sp³-hybridized carbons (Fsp3) is 0.600. The molecule has 92 valence electrons. The van der Waals surface area contributed by atoms with E-state index in [9.17, 15) is 4.79 Å². The van der Waals surface area contributed by atoms with Crippen LogP contribution in [0.5, 0.6) is 6.01 Å². The van der Waals surface area contributed by atoms with Crippen LogP contribution in [0.1, 0.15) is 12.8 Å². The number of anilines is 1. The average molecular weight is 257 g/mol. The quantitative estimate of drug-likeness (QED) is 0.750. The topological polar surface area (TPSA) is 68.2 Å². The summed E-state index contributed by atoms with van der Waals surface area (Å²) in [4.78, 5) is 24.6. The van der Waals surface area contributed by atoms with Crippen LogP contribution < -0.4 is 9.64 Å². The number of piperidine rings is 1. The van der Waals surface area contributed by atoms with E-state index in [1.807, 2.05) is 4.90 Å². The van der Waals surface area contributed by atoms with Gasteiger partial charge in [0.05, 0.1) is 7.11 Å². The van der Waals surface area contributed by atoms with E-state index in [2.05, 4.69) is 15.0 Å². The van der Waals surface area contributed by atoms with Crippen molar-refractivity contribution in [2.24, 2.45) is 5.92 Å². The molecule has 1 aromatic heterocycles. The fourth-order valence-corrected chi connectivity index (χ4v) is 1.94. The molecule has 6 nitrogen and oxygen atoms in total. The number of ether oxygens (including phenoxy) is 1. The van der Waals surface area contributed by atoms with E-state index in [0.717, 1.165) is 32.2 Å². The Morgan fingerprint density at radius 1 is 1.35 bits per heavy atom. The van der Waals surface area contributed by atoms with E-state index in [1.54, 1.807) is 0 Å². The van der Waals surface area contributed by atoms with Gasteiger partial charge in [-0.15, -0.1) is 0 Å². The lowest BCUT2D eigenvalue weighted by atomic mass is 9.99. The van der Waals surface area contributed by atoms with Gasteiger partial charge in [-0.2, -0.15) is 15.0 Å². The number of methoxy groups -OCH3 is 1. The third-order valence-electron chi connectivity index (χ3n) is 2.77. The largest absolute Gasteiger partial charge is 0.467 e. The number of hydrogen-bond acceptors (Lipinski definition) is 6. The Kier molecular flexibility index (Phi) is 3.73. The number of halogens is 1. The third kappa shape index (κ3) is 2.82. The number of carbonyl (C=O) groups excluding carboxylic acids is 1. The van der Waals surface area contributed by atoms with Crippen molar-refractivity contribution in [3.8, 4) is 6.01 Å². The number of aldehydes is 1. The van der Waals surface area contributed by atoms with E-state index in [-0.39, 0.29) is 17.2 Å². The molecule has 0 amide bonds. The molecule has 0 atom stereocenters. The number of hydrogen-bond donors (Lipinski definition) is 0. The van der Waals surface area contributed by atoms with Gasteiger partial charge in [0.25, 0.3) is 0 Å². The molecule has 2 heterocycles. The van der Waals surface area contributed by atoms with Crippen molar-refractivity contribution in [3.63, 3.8) is 0 Å². The zero-order valence-electron chi connectivity index (χ0n) is 9.47. The Morgan fingerprint density at radius 2 is 2.06 bits per heavy atom. The molecular weight excluding hydrogens is 244 g/mol. The molecule has 0 saturated carbocycles.